The van der Waals surface area contributed by atoms with Gasteiger partial charge in [-0.05, 0) is 35.4 Å². The third-order valence-electron chi connectivity index (χ3n) is 5.46. The molecule has 4 aromatic rings. The SMILES string of the molecule is COc1ccc(-c2cnoc2-c2cc(OC)c(OC)c(OC)c2)cc1NC(=O)OCc1ccccc1. The molecule has 1 N–H and O–H groups in total. The molecule has 36 heavy (non-hydrogen) atoms. The molecule has 1 heterocycles. The monoisotopic (exact) mass is 490 g/mol. The van der Waals surface area contributed by atoms with Crippen molar-refractivity contribution < 1.29 is 33.0 Å². The lowest BCUT2D eigenvalue weighted by atomic mass is 10.0. The number of ether oxygens (including phenoxy) is 5. The van der Waals surface area contributed by atoms with E-state index in [0.29, 0.717) is 45.6 Å². The summed E-state index contributed by atoms with van der Waals surface area (Å²) in [5.74, 6) is 2.38. The number of rotatable bonds is 9. The Kier molecular flexibility index (Phi) is 7.60. The molecule has 0 saturated carbocycles. The minimum Gasteiger partial charge on any atom is -0.495 e. The van der Waals surface area contributed by atoms with Crippen LogP contribution in [-0.2, 0) is 11.3 Å². The van der Waals surface area contributed by atoms with Crippen LogP contribution < -0.4 is 24.3 Å². The highest BCUT2D eigenvalue weighted by molar-refractivity contribution is 5.90. The molecular weight excluding hydrogens is 464 g/mol. The van der Waals surface area contributed by atoms with Crippen LogP contribution in [0.15, 0.2) is 71.4 Å². The van der Waals surface area contributed by atoms with Crippen molar-refractivity contribution in [2.24, 2.45) is 0 Å². The first kappa shape index (κ1) is 24.5. The van der Waals surface area contributed by atoms with Gasteiger partial charge in [-0.1, -0.05) is 41.6 Å². The van der Waals surface area contributed by atoms with Crippen LogP contribution in [0.2, 0.25) is 0 Å². The molecule has 0 radical (unpaired) electrons. The summed E-state index contributed by atoms with van der Waals surface area (Å²) in [7, 11) is 6.15. The predicted molar refractivity (Wildman–Crippen MR) is 134 cm³/mol. The van der Waals surface area contributed by atoms with Crippen molar-refractivity contribution >= 4 is 11.8 Å². The van der Waals surface area contributed by atoms with Gasteiger partial charge in [0.15, 0.2) is 17.3 Å². The highest BCUT2D eigenvalue weighted by Gasteiger charge is 2.20. The van der Waals surface area contributed by atoms with Crippen molar-refractivity contribution in [3.63, 3.8) is 0 Å². The number of hydrogen-bond donors (Lipinski definition) is 1. The van der Waals surface area contributed by atoms with Crippen molar-refractivity contribution in [3.8, 4) is 45.4 Å². The smallest absolute Gasteiger partial charge is 0.412 e. The van der Waals surface area contributed by atoms with Gasteiger partial charge in [-0.3, -0.25) is 5.32 Å². The van der Waals surface area contributed by atoms with Crippen molar-refractivity contribution in [2.45, 2.75) is 6.61 Å². The Labute approximate surface area is 208 Å². The van der Waals surface area contributed by atoms with Crippen molar-refractivity contribution in [2.75, 3.05) is 33.8 Å². The normalized spacial score (nSPS) is 10.4. The summed E-state index contributed by atoms with van der Waals surface area (Å²) < 4.78 is 32.7. The Bertz CT molecular complexity index is 1310. The number of carbonyl (C=O) groups excluding carboxylic acids is 1. The molecule has 1 amide bonds. The molecular formula is C27H26N2O7. The summed E-state index contributed by atoms with van der Waals surface area (Å²) in [4.78, 5) is 12.5. The first-order valence-electron chi connectivity index (χ1n) is 11.0. The van der Waals surface area contributed by atoms with Crippen molar-refractivity contribution in [1.82, 2.24) is 5.16 Å². The molecule has 0 aliphatic rings. The third-order valence-corrected chi connectivity index (χ3v) is 5.46. The number of aromatic nitrogens is 1. The molecule has 0 aliphatic heterocycles. The second-order valence-electron chi connectivity index (χ2n) is 7.58. The number of nitrogens with zero attached hydrogens (tertiary/aromatic N) is 1. The van der Waals surface area contributed by atoms with Crippen LogP contribution in [0.25, 0.3) is 22.5 Å². The third kappa shape index (κ3) is 5.20. The quantitative estimate of drug-likeness (QED) is 0.315. The van der Waals surface area contributed by atoms with Crippen LogP contribution >= 0.6 is 0 Å². The van der Waals surface area contributed by atoms with Gasteiger partial charge in [0.2, 0.25) is 5.75 Å². The van der Waals surface area contributed by atoms with E-state index >= 15 is 0 Å². The number of nitrogens with one attached hydrogen (secondary N) is 1. The van der Waals surface area contributed by atoms with Gasteiger partial charge in [-0.25, -0.2) is 4.79 Å². The van der Waals surface area contributed by atoms with E-state index in [1.807, 2.05) is 36.4 Å². The molecule has 0 fully saturated rings. The Morgan fingerprint density at radius 3 is 2.17 bits per heavy atom. The standard InChI is InChI=1S/C27H26N2O7/c1-31-22-11-10-18(12-21(22)29-27(30)35-16-17-8-6-5-7-9-17)20-15-28-36-25(20)19-13-23(32-2)26(34-4)24(14-19)33-3/h5-15H,16H2,1-4H3,(H,29,30). The van der Waals surface area contributed by atoms with Crippen LogP contribution in [0.3, 0.4) is 0 Å². The number of anilines is 1. The van der Waals surface area contributed by atoms with Gasteiger partial charge in [0.05, 0.1) is 40.3 Å². The number of amides is 1. The van der Waals surface area contributed by atoms with E-state index in [1.54, 1.807) is 44.7 Å². The summed E-state index contributed by atoms with van der Waals surface area (Å²) in [5, 5.41) is 6.74. The lowest BCUT2D eigenvalue weighted by Crippen LogP contribution is -2.14. The fourth-order valence-electron chi connectivity index (χ4n) is 3.71. The Morgan fingerprint density at radius 2 is 1.53 bits per heavy atom. The molecule has 0 unspecified atom stereocenters. The average Bonchev–Trinajstić information content (AvgIpc) is 3.41. The van der Waals surface area contributed by atoms with E-state index in [9.17, 15) is 4.79 Å². The van der Waals surface area contributed by atoms with E-state index in [1.165, 1.54) is 14.2 Å². The molecule has 0 spiro atoms. The number of methoxy groups -OCH3 is 4. The van der Waals surface area contributed by atoms with E-state index in [-0.39, 0.29) is 6.61 Å². The Morgan fingerprint density at radius 1 is 0.833 bits per heavy atom. The molecule has 0 atom stereocenters. The van der Waals surface area contributed by atoms with Gasteiger partial charge in [0, 0.05) is 11.1 Å². The number of benzene rings is 3. The van der Waals surface area contributed by atoms with Crippen LogP contribution in [0.4, 0.5) is 10.5 Å². The fraction of sp³-hybridized carbons (Fsp3) is 0.185. The Hall–Kier alpha value is -4.66. The summed E-state index contributed by atoms with van der Waals surface area (Å²) in [6.45, 7) is 0.144. The molecule has 1 aromatic heterocycles. The summed E-state index contributed by atoms with van der Waals surface area (Å²) in [6.07, 6.45) is 0.988. The first-order valence-corrected chi connectivity index (χ1v) is 11.0. The molecule has 4 rings (SSSR count). The van der Waals surface area contributed by atoms with E-state index in [2.05, 4.69) is 10.5 Å². The minimum atomic E-state index is -0.607. The topological polar surface area (TPSA) is 101 Å². The second kappa shape index (κ2) is 11.2. The van der Waals surface area contributed by atoms with Crippen LogP contribution in [0, 0.1) is 0 Å². The van der Waals surface area contributed by atoms with Gasteiger partial charge in [-0.2, -0.15) is 0 Å². The van der Waals surface area contributed by atoms with E-state index in [0.717, 1.165) is 11.1 Å². The predicted octanol–water partition coefficient (Wildman–Crippen LogP) is 5.79. The van der Waals surface area contributed by atoms with Gasteiger partial charge < -0.3 is 28.2 Å². The van der Waals surface area contributed by atoms with Gasteiger partial charge >= 0.3 is 6.09 Å². The van der Waals surface area contributed by atoms with Crippen molar-refractivity contribution in [3.05, 3.63) is 72.4 Å². The minimum absolute atomic E-state index is 0.144. The maximum Gasteiger partial charge on any atom is 0.412 e. The zero-order valence-electron chi connectivity index (χ0n) is 20.4. The van der Waals surface area contributed by atoms with Crippen LogP contribution in [0.1, 0.15) is 5.56 Å². The molecule has 0 bridgehead atoms. The highest BCUT2D eigenvalue weighted by Crippen LogP contribution is 2.44. The molecule has 3 aromatic carbocycles. The average molecular weight is 491 g/mol. The van der Waals surface area contributed by atoms with Crippen LogP contribution in [-0.4, -0.2) is 39.7 Å². The summed E-state index contributed by atoms with van der Waals surface area (Å²) in [6, 6.07) is 18.3. The fourth-order valence-corrected chi connectivity index (χ4v) is 3.71. The molecule has 0 saturated heterocycles. The highest BCUT2D eigenvalue weighted by atomic mass is 16.5. The number of hydrogen-bond acceptors (Lipinski definition) is 8. The van der Waals surface area contributed by atoms with Gasteiger partial charge in [-0.15, -0.1) is 0 Å². The van der Waals surface area contributed by atoms with Gasteiger partial charge in [0.1, 0.15) is 12.4 Å². The molecule has 9 heteroatoms. The second-order valence-corrected chi connectivity index (χ2v) is 7.58. The lowest BCUT2D eigenvalue weighted by Gasteiger charge is -2.14. The lowest BCUT2D eigenvalue weighted by molar-refractivity contribution is 0.155. The van der Waals surface area contributed by atoms with E-state index in [4.69, 9.17) is 28.2 Å². The van der Waals surface area contributed by atoms with Crippen molar-refractivity contribution in [1.29, 1.82) is 0 Å². The zero-order chi connectivity index (χ0) is 25.5. The Balaban J connectivity index is 1.63. The van der Waals surface area contributed by atoms with E-state index < -0.39 is 6.09 Å². The molecule has 9 nitrogen and oxygen atoms in total. The summed E-state index contributed by atoms with van der Waals surface area (Å²) in [5.41, 5.74) is 3.41. The zero-order valence-corrected chi connectivity index (χ0v) is 20.4. The number of carbonyl (C=O) groups is 1. The van der Waals surface area contributed by atoms with Crippen LogP contribution in [0.5, 0.6) is 23.0 Å². The molecule has 0 aliphatic carbocycles. The maximum absolute atomic E-state index is 12.5. The molecule has 186 valence electrons. The first-order chi connectivity index (χ1) is 17.6. The summed E-state index contributed by atoms with van der Waals surface area (Å²) >= 11 is 0. The van der Waals surface area contributed by atoms with Gasteiger partial charge in [0.25, 0.3) is 0 Å². The largest absolute Gasteiger partial charge is 0.495 e. The maximum atomic E-state index is 12.5.